The van der Waals surface area contributed by atoms with Gasteiger partial charge in [-0.1, -0.05) is 0 Å². The van der Waals surface area contributed by atoms with E-state index in [9.17, 15) is 0 Å². The number of nitrogens with zero attached hydrogens (tertiary/aromatic N) is 1. The molecule has 1 heterocycles. The summed E-state index contributed by atoms with van der Waals surface area (Å²) in [5, 5.41) is 0. The van der Waals surface area contributed by atoms with E-state index in [1.807, 2.05) is 18.2 Å². The maximum atomic E-state index is 6.01. The molecule has 2 rings (SSSR count). The molecule has 1 aromatic carbocycles. The first-order valence-corrected chi connectivity index (χ1v) is 6.40. The van der Waals surface area contributed by atoms with Crippen LogP contribution in [0.1, 0.15) is 19.8 Å². The molecule has 100 valence electrons. The number of methoxy groups -OCH3 is 2. The first-order valence-electron chi connectivity index (χ1n) is 6.40. The number of benzene rings is 1. The zero-order valence-corrected chi connectivity index (χ0v) is 11.3. The lowest BCUT2D eigenvalue weighted by molar-refractivity contribution is 0.391. The van der Waals surface area contributed by atoms with Crippen molar-refractivity contribution in [1.29, 1.82) is 0 Å². The monoisotopic (exact) mass is 250 g/mol. The molecule has 0 saturated carbocycles. The molecule has 4 heteroatoms. The normalized spacial score (nSPS) is 23.9. The number of hydrogen-bond acceptors (Lipinski definition) is 4. The van der Waals surface area contributed by atoms with Crippen LogP contribution in [0.15, 0.2) is 18.2 Å². The molecule has 0 bridgehead atoms. The van der Waals surface area contributed by atoms with E-state index in [-0.39, 0.29) is 0 Å². The van der Waals surface area contributed by atoms with E-state index in [0.717, 1.165) is 36.6 Å². The smallest absolute Gasteiger partial charge is 0.142 e. The van der Waals surface area contributed by atoms with Crippen LogP contribution in [0.2, 0.25) is 0 Å². The van der Waals surface area contributed by atoms with E-state index in [4.69, 9.17) is 15.2 Å². The van der Waals surface area contributed by atoms with Crippen molar-refractivity contribution in [3.05, 3.63) is 18.2 Å². The summed E-state index contributed by atoms with van der Waals surface area (Å²) in [6.07, 6.45) is 2.03. The molecule has 4 nitrogen and oxygen atoms in total. The summed E-state index contributed by atoms with van der Waals surface area (Å²) in [4.78, 5) is 2.35. The second kappa shape index (κ2) is 5.48. The number of piperidine rings is 1. The van der Waals surface area contributed by atoms with Crippen LogP contribution >= 0.6 is 0 Å². The highest BCUT2D eigenvalue weighted by Gasteiger charge is 2.25. The molecule has 1 aromatic rings. The molecule has 1 aliphatic heterocycles. The van der Waals surface area contributed by atoms with Crippen molar-refractivity contribution in [2.75, 3.05) is 25.7 Å². The van der Waals surface area contributed by atoms with E-state index >= 15 is 0 Å². The zero-order chi connectivity index (χ0) is 13.1. The Hall–Kier alpha value is -1.42. The Morgan fingerprint density at radius 2 is 2.06 bits per heavy atom. The Bertz CT molecular complexity index is 409. The molecule has 18 heavy (non-hydrogen) atoms. The van der Waals surface area contributed by atoms with Crippen LogP contribution in [0.5, 0.6) is 11.5 Å². The maximum absolute atomic E-state index is 6.01. The van der Waals surface area contributed by atoms with Gasteiger partial charge in [0.25, 0.3) is 0 Å². The molecule has 0 spiro atoms. The van der Waals surface area contributed by atoms with Gasteiger partial charge in [0.2, 0.25) is 0 Å². The minimum atomic E-state index is 0.313. The Labute approximate surface area is 109 Å². The Balaban J connectivity index is 2.30. The van der Waals surface area contributed by atoms with Gasteiger partial charge in [0, 0.05) is 24.7 Å². The molecule has 0 aromatic heterocycles. The average Bonchev–Trinajstić information content (AvgIpc) is 2.38. The summed E-state index contributed by atoms with van der Waals surface area (Å²) >= 11 is 0. The second-order valence-corrected chi connectivity index (χ2v) is 4.86. The number of ether oxygens (including phenoxy) is 2. The molecule has 2 N–H and O–H groups in total. The largest absolute Gasteiger partial charge is 0.497 e. The van der Waals surface area contributed by atoms with Crippen molar-refractivity contribution in [3.63, 3.8) is 0 Å². The summed E-state index contributed by atoms with van der Waals surface area (Å²) in [7, 11) is 3.38. The third kappa shape index (κ3) is 2.53. The molecule has 1 fully saturated rings. The SMILES string of the molecule is COc1ccc(OC)c(N2CCC(N)CC2C)c1. The Morgan fingerprint density at radius 1 is 1.28 bits per heavy atom. The van der Waals surface area contributed by atoms with Crippen molar-refractivity contribution < 1.29 is 9.47 Å². The topological polar surface area (TPSA) is 47.7 Å². The fourth-order valence-corrected chi connectivity index (χ4v) is 2.59. The zero-order valence-electron chi connectivity index (χ0n) is 11.3. The quantitative estimate of drug-likeness (QED) is 0.891. The molecular formula is C14H22N2O2. The summed E-state index contributed by atoms with van der Waals surface area (Å²) in [5.74, 6) is 1.74. The van der Waals surface area contributed by atoms with Crippen LogP contribution in [0, 0.1) is 0 Å². The van der Waals surface area contributed by atoms with Crippen molar-refractivity contribution in [2.24, 2.45) is 5.73 Å². The molecule has 0 radical (unpaired) electrons. The van der Waals surface area contributed by atoms with Crippen LogP contribution in [-0.4, -0.2) is 32.8 Å². The Morgan fingerprint density at radius 3 is 2.67 bits per heavy atom. The van der Waals surface area contributed by atoms with E-state index < -0.39 is 0 Å². The van der Waals surface area contributed by atoms with Crippen molar-refractivity contribution >= 4 is 5.69 Å². The summed E-state index contributed by atoms with van der Waals surface area (Å²) in [6.45, 7) is 3.17. The van der Waals surface area contributed by atoms with Gasteiger partial charge in [-0.2, -0.15) is 0 Å². The molecule has 1 aliphatic rings. The number of rotatable bonds is 3. The van der Waals surface area contributed by atoms with Gasteiger partial charge in [0.05, 0.1) is 19.9 Å². The fraction of sp³-hybridized carbons (Fsp3) is 0.571. The third-order valence-electron chi connectivity index (χ3n) is 3.61. The molecule has 1 saturated heterocycles. The van der Waals surface area contributed by atoms with Gasteiger partial charge in [-0.15, -0.1) is 0 Å². The summed E-state index contributed by atoms with van der Waals surface area (Å²) < 4.78 is 10.7. The van der Waals surface area contributed by atoms with E-state index in [1.54, 1.807) is 14.2 Å². The highest BCUT2D eigenvalue weighted by molar-refractivity contribution is 5.62. The van der Waals surface area contributed by atoms with E-state index in [1.165, 1.54) is 0 Å². The van der Waals surface area contributed by atoms with Crippen molar-refractivity contribution in [2.45, 2.75) is 31.8 Å². The van der Waals surface area contributed by atoms with Gasteiger partial charge >= 0.3 is 0 Å². The maximum Gasteiger partial charge on any atom is 0.142 e. The summed E-state index contributed by atoms with van der Waals surface area (Å²) in [6, 6.07) is 6.65. The van der Waals surface area contributed by atoms with Gasteiger partial charge in [-0.25, -0.2) is 0 Å². The molecule has 0 aliphatic carbocycles. The van der Waals surface area contributed by atoms with Crippen LogP contribution < -0.4 is 20.1 Å². The molecule has 2 unspecified atom stereocenters. The minimum absolute atomic E-state index is 0.313. The van der Waals surface area contributed by atoms with Crippen molar-refractivity contribution in [1.82, 2.24) is 0 Å². The van der Waals surface area contributed by atoms with Crippen LogP contribution in [0.25, 0.3) is 0 Å². The first kappa shape index (κ1) is 13.0. The van der Waals surface area contributed by atoms with Crippen molar-refractivity contribution in [3.8, 4) is 11.5 Å². The predicted molar refractivity (Wildman–Crippen MR) is 73.6 cm³/mol. The molecule has 0 amide bonds. The molecular weight excluding hydrogens is 228 g/mol. The third-order valence-corrected chi connectivity index (χ3v) is 3.61. The van der Waals surface area contributed by atoms with Gasteiger partial charge in [0.1, 0.15) is 11.5 Å². The van der Waals surface area contributed by atoms with Crippen LogP contribution in [-0.2, 0) is 0 Å². The minimum Gasteiger partial charge on any atom is -0.497 e. The van der Waals surface area contributed by atoms with Gasteiger partial charge in [-0.3, -0.25) is 0 Å². The number of nitrogens with two attached hydrogens (primary N) is 1. The van der Waals surface area contributed by atoms with Crippen LogP contribution in [0.3, 0.4) is 0 Å². The lowest BCUT2D eigenvalue weighted by Crippen LogP contribution is -2.45. The van der Waals surface area contributed by atoms with Gasteiger partial charge in [-0.05, 0) is 31.9 Å². The molecule has 2 atom stereocenters. The predicted octanol–water partition coefficient (Wildman–Crippen LogP) is 2.02. The second-order valence-electron chi connectivity index (χ2n) is 4.86. The standard InChI is InChI=1S/C14H22N2O2/c1-10-8-11(15)6-7-16(10)13-9-12(17-2)4-5-14(13)18-3/h4-5,9-11H,6-8,15H2,1-3H3. The van der Waals surface area contributed by atoms with Crippen LogP contribution in [0.4, 0.5) is 5.69 Å². The Kier molecular flexibility index (Phi) is 3.97. The van der Waals surface area contributed by atoms with Gasteiger partial charge < -0.3 is 20.1 Å². The lowest BCUT2D eigenvalue weighted by atomic mass is 9.98. The van der Waals surface area contributed by atoms with E-state index in [2.05, 4.69) is 11.8 Å². The van der Waals surface area contributed by atoms with Gasteiger partial charge in [0.15, 0.2) is 0 Å². The summed E-state index contributed by atoms with van der Waals surface area (Å²) in [5.41, 5.74) is 7.10. The first-order chi connectivity index (χ1) is 8.65. The average molecular weight is 250 g/mol. The lowest BCUT2D eigenvalue weighted by Gasteiger charge is -2.38. The van der Waals surface area contributed by atoms with E-state index in [0.29, 0.717) is 12.1 Å². The number of hydrogen-bond donors (Lipinski definition) is 1. The highest BCUT2D eigenvalue weighted by atomic mass is 16.5. The number of anilines is 1. The highest BCUT2D eigenvalue weighted by Crippen LogP contribution is 2.35. The fourth-order valence-electron chi connectivity index (χ4n) is 2.59.